The fourth-order valence-electron chi connectivity index (χ4n) is 1.97. The van der Waals surface area contributed by atoms with Gasteiger partial charge >= 0.3 is 0 Å². The van der Waals surface area contributed by atoms with Crippen LogP contribution in [0.25, 0.3) is 0 Å². The molecule has 112 valence electrons. The molecule has 0 saturated heterocycles. The molecule has 0 aromatic heterocycles. The van der Waals surface area contributed by atoms with Crippen molar-refractivity contribution in [3.63, 3.8) is 0 Å². The van der Waals surface area contributed by atoms with Crippen molar-refractivity contribution in [2.45, 2.75) is 19.9 Å². The molecular weight excluding hydrogens is 318 g/mol. The summed E-state index contributed by atoms with van der Waals surface area (Å²) in [7, 11) is 1.93. The van der Waals surface area contributed by atoms with E-state index in [4.69, 9.17) is 5.73 Å². The van der Waals surface area contributed by atoms with Gasteiger partial charge in [-0.2, -0.15) is 0 Å². The molecule has 1 amide bonds. The lowest BCUT2D eigenvalue weighted by Crippen LogP contribution is -2.40. The molecule has 0 fully saturated rings. The van der Waals surface area contributed by atoms with Crippen LogP contribution in [-0.2, 0) is 4.79 Å². The van der Waals surface area contributed by atoms with Crippen molar-refractivity contribution in [1.29, 1.82) is 0 Å². The molecule has 1 aromatic carbocycles. The maximum absolute atomic E-state index is 11.9. The van der Waals surface area contributed by atoms with Gasteiger partial charge in [-0.15, -0.1) is 0 Å². The van der Waals surface area contributed by atoms with Crippen LogP contribution in [0.2, 0.25) is 0 Å². The predicted octanol–water partition coefficient (Wildman–Crippen LogP) is 2.15. The molecule has 0 heterocycles. The zero-order valence-electron chi connectivity index (χ0n) is 12.4. The molecule has 1 unspecified atom stereocenters. The van der Waals surface area contributed by atoms with Gasteiger partial charge in [-0.25, -0.2) is 0 Å². The van der Waals surface area contributed by atoms with Crippen LogP contribution in [0.15, 0.2) is 28.7 Å². The summed E-state index contributed by atoms with van der Waals surface area (Å²) in [5.74, 6) is 0.498. The van der Waals surface area contributed by atoms with Crippen LogP contribution in [0.5, 0.6) is 0 Å². The fourth-order valence-corrected chi connectivity index (χ4v) is 2.23. The number of halogens is 1. The van der Waals surface area contributed by atoms with Crippen LogP contribution in [0.3, 0.4) is 0 Å². The van der Waals surface area contributed by atoms with Gasteiger partial charge in [-0.3, -0.25) is 9.69 Å². The summed E-state index contributed by atoms with van der Waals surface area (Å²) in [4.78, 5) is 13.8. The summed E-state index contributed by atoms with van der Waals surface area (Å²) >= 11 is 3.42. The van der Waals surface area contributed by atoms with Crippen LogP contribution in [-0.4, -0.2) is 37.5 Å². The topological polar surface area (TPSA) is 58.4 Å². The van der Waals surface area contributed by atoms with Crippen molar-refractivity contribution < 1.29 is 4.79 Å². The largest absolute Gasteiger partial charge is 0.355 e. The Kier molecular flexibility index (Phi) is 7.19. The third-order valence-electron chi connectivity index (χ3n) is 3.11. The molecule has 0 aliphatic carbocycles. The predicted molar refractivity (Wildman–Crippen MR) is 86.4 cm³/mol. The molecule has 1 atom stereocenters. The Labute approximate surface area is 129 Å². The highest BCUT2D eigenvalue weighted by Gasteiger charge is 2.17. The number of carbonyl (C=O) groups is 1. The molecule has 0 bridgehead atoms. The van der Waals surface area contributed by atoms with Gasteiger partial charge in [0.05, 0.1) is 6.54 Å². The van der Waals surface area contributed by atoms with Crippen molar-refractivity contribution in [2.75, 3.05) is 26.7 Å². The van der Waals surface area contributed by atoms with Gasteiger partial charge < -0.3 is 11.1 Å². The molecule has 0 aliphatic rings. The zero-order chi connectivity index (χ0) is 15.1. The Hall–Kier alpha value is -0.910. The first-order chi connectivity index (χ1) is 9.43. The van der Waals surface area contributed by atoms with Crippen molar-refractivity contribution >= 4 is 21.8 Å². The van der Waals surface area contributed by atoms with E-state index in [1.807, 2.05) is 36.2 Å². The number of nitrogens with one attached hydrogen (secondary N) is 1. The van der Waals surface area contributed by atoms with Crippen molar-refractivity contribution in [2.24, 2.45) is 11.7 Å². The number of likely N-dealkylation sites (N-methyl/N-ethyl adjacent to an activating group) is 1. The monoisotopic (exact) mass is 341 g/mol. The molecule has 20 heavy (non-hydrogen) atoms. The van der Waals surface area contributed by atoms with E-state index in [-0.39, 0.29) is 11.9 Å². The van der Waals surface area contributed by atoms with Crippen LogP contribution in [0.4, 0.5) is 0 Å². The second-order valence-electron chi connectivity index (χ2n) is 5.42. The summed E-state index contributed by atoms with van der Waals surface area (Å²) in [6.07, 6.45) is 0. The number of amides is 1. The zero-order valence-corrected chi connectivity index (χ0v) is 14.0. The SMILES string of the molecule is CC(C)CNC(=O)CN(C)C(CN)c1ccc(Br)cc1. The van der Waals surface area contributed by atoms with E-state index in [1.165, 1.54) is 0 Å². The van der Waals surface area contributed by atoms with E-state index >= 15 is 0 Å². The number of benzene rings is 1. The van der Waals surface area contributed by atoms with Gasteiger partial charge in [0.1, 0.15) is 0 Å². The summed E-state index contributed by atoms with van der Waals surface area (Å²) < 4.78 is 1.04. The second-order valence-corrected chi connectivity index (χ2v) is 6.33. The first-order valence-corrected chi connectivity index (χ1v) is 7.65. The third kappa shape index (κ3) is 5.61. The molecule has 4 nitrogen and oxygen atoms in total. The smallest absolute Gasteiger partial charge is 0.234 e. The van der Waals surface area contributed by atoms with Gasteiger partial charge in [0, 0.05) is 23.6 Å². The van der Waals surface area contributed by atoms with Crippen LogP contribution < -0.4 is 11.1 Å². The van der Waals surface area contributed by atoms with E-state index in [0.29, 0.717) is 25.6 Å². The summed E-state index contributed by atoms with van der Waals surface area (Å²) in [6.45, 7) is 5.70. The second kappa shape index (κ2) is 8.39. The quantitative estimate of drug-likeness (QED) is 0.798. The number of carbonyl (C=O) groups excluding carboxylic acids is 1. The van der Waals surface area contributed by atoms with Crippen LogP contribution in [0.1, 0.15) is 25.5 Å². The van der Waals surface area contributed by atoms with E-state index < -0.39 is 0 Å². The minimum atomic E-state index is 0.0387. The molecule has 1 aromatic rings. The standard InChI is InChI=1S/C15H24BrN3O/c1-11(2)9-18-15(20)10-19(3)14(8-17)12-4-6-13(16)7-5-12/h4-7,11,14H,8-10,17H2,1-3H3,(H,18,20). The van der Waals surface area contributed by atoms with E-state index in [2.05, 4.69) is 35.1 Å². The average molecular weight is 342 g/mol. The van der Waals surface area contributed by atoms with E-state index in [9.17, 15) is 4.79 Å². The normalized spacial score (nSPS) is 12.8. The Morgan fingerprint density at radius 3 is 2.45 bits per heavy atom. The van der Waals surface area contributed by atoms with Crippen molar-refractivity contribution in [1.82, 2.24) is 10.2 Å². The Bertz CT molecular complexity index is 420. The highest BCUT2D eigenvalue weighted by molar-refractivity contribution is 9.10. The van der Waals surface area contributed by atoms with Crippen LogP contribution in [0, 0.1) is 5.92 Å². The van der Waals surface area contributed by atoms with Crippen molar-refractivity contribution in [3.05, 3.63) is 34.3 Å². The summed E-state index contributed by atoms with van der Waals surface area (Å²) in [6, 6.07) is 8.09. The van der Waals surface area contributed by atoms with Gasteiger partial charge in [-0.1, -0.05) is 41.9 Å². The number of hydrogen-bond acceptors (Lipinski definition) is 3. The lowest BCUT2D eigenvalue weighted by atomic mass is 10.1. The minimum Gasteiger partial charge on any atom is -0.355 e. The van der Waals surface area contributed by atoms with Crippen LogP contribution >= 0.6 is 15.9 Å². The minimum absolute atomic E-state index is 0.0387. The fraction of sp³-hybridized carbons (Fsp3) is 0.533. The first kappa shape index (κ1) is 17.1. The summed E-state index contributed by atoms with van der Waals surface area (Å²) in [5.41, 5.74) is 6.98. The molecule has 1 rings (SSSR count). The summed E-state index contributed by atoms with van der Waals surface area (Å²) in [5, 5.41) is 2.92. The Morgan fingerprint density at radius 2 is 1.95 bits per heavy atom. The van der Waals surface area contributed by atoms with Gasteiger partial charge in [0.25, 0.3) is 0 Å². The highest BCUT2D eigenvalue weighted by atomic mass is 79.9. The van der Waals surface area contributed by atoms with Crippen molar-refractivity contribution in [3.8, 4) is 0 Å². The maximum Gasteiger partial charge on any atom is 0.234 e. The third-order valence-corrected chi connectivity index (χ3v) is 3.64. The molecule has 0 aliphatic heterocycles. The lowest BCUT2D eigenvalue weighted by Gasteiger charge is -2.27. The van der Waals surface area contributed by atoms with Gasteiger partial charge in [0.15, 0.2) is 0 Å². The number of nitrogens with zero attached hydrogens (tertiary/aromatic N) is 1. The van der Waals surface area contributed by atoms with E-state index in [0.717, 1.165) is 10.0 Å². The molecule has 0 saturated carbocycles. The molecule has 3 N–H and O–H groups in total. The molecule has 5 heteroatoms. The Balaban J connectivity index is 2.60. The lowest BCUT2D eigenvalue weighted by molar-refractivity contribution is -0.122. The van der Waals surface area contributed by atoms with Gasteiger partial charge in [0.2, 0.25) is 5.91 Å². The number of rotatable bonds is 7. The highest BCUT2D eigenvalue weighted by Crippen LogP contribution is 2.20. The molecular formula is C15H24BrN3O. The first-order valence-electron chi connectivity index (χ1n) is 6.86. The molecule has 0 radical (unpaired) electrons. The van der Waals surface area contributed by atoms with E-state index in [1.54, 1.807) is 0 Å². The maximum atomic E-state index is 11.9. The van der Waals surface area contributed by atoms with Gasteiger partial charge in [-0.05, 0) is 30.7 Å². The average Bonchev–Trinajstić information content (AvgIpc) is 2.39. The number of nitrogens with two attached hydrogens (primary N) is 1. The Morgan fingerprint density at radius 1 is 1.35 bits per heavy atom. The molecule has 0 spiro atoms. The number of hydrogen-bond donors (Lipinski definition) is 2.